The van der Waals surface area contributed by atoms with E-state index in [-0.39, 0.29) is 17.4 Å². The van der Waals surface area contributed by atoms with E-state index < -0.39 is 56.9 Å². The second-order valence-electron chi connectivity index (χ2n) is 10.4. The average molecular weight is 703 g/mol. The number of nitrogens with zero attached hydrogens (tertiary/aromatic N) is 2. The van der Waals surface area contributed by atoms with Crippen molar-refractivity contribution in [3.05, 3.63) is 92.9 Å². The lowest BCUT2D eigenvalue weighted by atomic mass is 10.1. The number of aryl methyl sites for hydroxylation is 1. The zero-order valence-corrected chi connectivity index (χ0v) is 27.1. The highest BCUT2D eigenvalue weighted by Crippen LogP contribution is 2.38. The molecule has 0 saturated carbocycles. The van der Waals surface area contributed by atoms with Gasteiger partial charge in [0.15, 0.2) is 0 Å². The van der Waals surface area contributed by atoms with Crippen LogP contribution in [-0.2, 0) is 32.3 Å². The molecule has 0 aliphatic carbocycles. The van der Waals surface area contributed by atoms with Gasteiger partial charge in [-0.25, -0.2) is 8.42 Å². The zero-order chi connectivity index (χ0) is 32.1. The maximum atomic E-state index is 13.9. The van der Waals surface area contributed by atoms with Crippen molar-refractivity contribution in [2.75, 3.05) is 17.4 Å². The average Bonchev–Trinajstić information content (AvgIpc) is 2.93. The zero-order valence-electron chi connectivity index (χ0n) is 24.0. The van der Waals surface area contributed by atoms with Crippen LogP contribution in [0.25, 0.3) is 0 Å². The number of halogens is 5. The molecule has 7 nitrogen and oxygen atoms in total. The number of sulfonamides is 1. The van der Waals surface area contributed by atoms with Crippen LogP contribution < -0.4 is 9.62 Å². The third-order valence-electron chi connectivity index (χ3n) is 6.55. The summed E-state index contributed by atoms with van der Waals surface area (Å²) >= 11 is 9.16. The molecular weight excluding hydrogens is 671 g/mol. The summed E-state index contributed by atoms with van der Waals surface area (Å²) < 4.78 is 70.5. The van der Waals surface area contributed by atoms with Crippen LogP contribution in [0.5, 0.6) is 0 Å². The molecule has 0 radical (unpaired) electrons. The summed E-state index contributed by atoms with van der Waals surface area (Å²) in [6, 6.07) is 14.3. The van der Waals surface area contributed by atoms with Crippen molar-refractivity contribution in [1.29, 1.82) is 0 Å². The Morgan fingerprint density at radius 3 is 2.14 bits per heavy atom. The predicted molar refractivity (Wildman–Crippen MR) is 164 cm³/mol. The Bertz CT molecular complexity index is 1550. The third-order valence-corrected chi connectivity index (χ3v) is 9.20. The Morgan fingerprint density at radius 2 is 1.58 bits per heavy atom. The molecule has 3 rings (SSSR count). The number of hydrogen-bond donors (Lipinski definition) is 1. The SMILES string of the molecule is Cc1ccc(S(=O)(=O)N(CC(=O)N(Cc2ccc(Br)cc2)[C@H](C)C(=O)NCC(C)C)c2ccc(Cl)c(C(F)(F)F)c2)cc1. The minimum atomic E-state index is -4.88. The highest BCUT2D eigenvalue weighted by molar-refractivity contribution is 9.10. The maximum Gasteiger partial charge on any atom is 0.417 e. The third kappa shape index (κ3) is 8.96. The molecule has 232 valence electrons. The summed E-state index contributed by atoms with van der Waals surface area (Å²) in [5.74, 6) is -1.12. The summed E-state index contributed by atoms with van der Waals surface area (Å²) in [6.07, 6.45) is -4.88. The van der Waals surface area contributed by atoms with Crippen LogP contribution in [-0.4, -0.2) is 44.3 Å². The minimum absolute atomic E-state index is 0.0603. The first-order chi connectivity index (χ1) is 20.0. The summed E-state index contributed by atoms with van der Waals surface area (Å²) in [5.41, 5.74) is -0.254. The van der Waals surface area contributed by atoms with Gasteiger partial charge in [-0.15, -0.1) is 0 Å². The molecule has 43 heavy (non-hydrogen) atoms. The molecule has 1 atom stereocenters. The first-order valence-electron chi connectivity index (χ1n) is 13.3. The van der Waals surface area contributed by atoms with Gasteiger partial charge >= 0.3 is 6.18 Å². The van der Waals surface area contributed by atoms with Crippen molar-refractivity contribution in [1.82, 2.24) is 10.2 Å². The molecule has 0 bridgehead atoms. The van der Waals surface area contributed by atoms with Gasteiger partial charge in [-0.1, -0.05) is 71.2 Å². The van der Waals surface area contributed by atoms with Crippen molar-refractivity contribution in [2.24, 2.45) is 5.92 Å². The Hall–Kier alpha value is -3.09. The van der Waals surface area contributed by atoms with Gasteiger partial charge in [-0.2, -0.15) is 13.2 Å². The van der Waals surface area contributed by atoms with E-state index in [2.05, 4.69) is 21.2 Å². The van der Waals surface area contributed by atoms with Gasteiger partial charge in [0.1, 0.15) is 12.6 Å². The van der Waals surface area contributed by atoms with Gasteiger partial charge in [-0.05, 0) is 67.8 Å². The van der Waals surface area contributed by atoms with Gasteiger partial charge in [-0.3, -0.25) is 13.9 Å². The first kappa shape index (κ1) is 34.4. The van der Waals surface area contributed by atoms with Crippen LogP contribution in [0.15, 0.2) is 76.1 Å². The fraction of sp³-hybridized carbons (Fsp3) is 0.333. The Morgan fingerprint density at radius 1 is 0.977 bits per heavy atom. The second kappa shape index (κ2) is 14.1. The highest BCUT2D eigenvalue weighted by atomic mass is 79.9. The minimum Gasteiger partial charge on any atom is -0.354 e. The molecule has 1 N–H and O–H groups in total. The van der Waals surface area contributed by atoms with E-state index in [4.69, 9.17) is 11.6 Å². The quantitative estimate of drug-likeness (QED) is 0.238. The summed E-state index contributed by atoms with van der Waals surface area (Å²) in [4.78, 5) is 28.0. The summed E-state index contributed by atoms with van der Waals surface area (Å²) in [7, 11) is -4.55. The molecular formula is C30H32BrClF3N3O4S. The van der Waals surface area contributed by atoms with Crippen molar-refractivity contribution in [3.63, 3.8) is 0 Å². The largest absolute Gasteiger partial charge is 0.417 e. The molecule has 0 fully saturated rings. The van der Waals surface area contributed by atoms with Gasteiger partial charge in [0, 0.05) is 17.6 Å². The lowest BCUT2D eigenvalue weighted by Crippen LogP contribution is -2.51. The van der Waals surface area contributed by atoms with E-state index >= 15 is 0 Å². The van der Waals surface area contributed by atoms with Gasteiger partial charge in [0.05, 0.1) is 21.2 Å². The standard InChI is InChI=1S/C30H32BrClF3N3O4S/c1-19(2)16-36-29(40)21(4)37(17-22-7-9-23(31)10-8-22)28(39)18-38(43(41,42)25-12-5-20(3)6-13-25)24-11-14-27(32)26(15-24)30(33,34)35/h5-15,19,21H,16-18H2,1-4H3,(H,36,40)/t21-/m1/s1. The van der Waals surface area contributed by atoms with Gasteiger partial charge in [0.25, 0.3) is 10.0 Å². The molecule has 3 aromatic rings. The number of hydrogen-bond acceptors (Lipinski definition) is 4. The van der Waals surface area contributed by atoms with Crippen molar-refractivity contribution < 1.29 is 31.2 Å². The van der Waals surface area contributed by atoms with Crippen molar-refractivity contribution >= 4 is 55.1 Å². The number of rotatable bonds is 11. The van der Waals surface area contributed by atoms with Crippen LogP contribution in [0.3, 0.4) is 0 Å². The van der Waals surface area contributed by atoms with Crippen LogP contribution in [0.1, 0.15) is 37.5 Å². The number of anilines is 1. The summed E-state index contributed by atoms with van der Waals surface area (Å²) in [6.45, 7) is 6.48. The van der Waals surface area contributed by atoms with E-state index in [1.165, 1.54) is 36.1 Å². The van der Waals surface area contributed by atoms with Gasteiger partial charge < -0.3 is 10.2 Å². The number of alkyl halides is 3. The number of nitrogens with one attached hydrogen (secondary N) is 1. The Balaban J connectivity index is 2.10. The van der Waals surface area contributed by atoms with E-state index in [0.29, 0.717) is 22.5 Å². The lowest BCUT2D eigenvalue weighted by Gasteiger charge is -2.32. The molecule has 0 unspecified atom stereocenters. The molecule has 0 spiro atoms. The van der Waals surface area contributed by atoms with Gasteiger partial charge in [0.2, 0.25) is 11.8 Å². The van der Waals surface area contributed by atoms with E-state index in [9.17, 15) is 31.2 Å². The highest BCUT2D eigenvalue weighted by Gasteiger charge is 2.37. The number of carbonyl (C=O) groups is 2. The Labute approximate surface area is 263 Å². The van der Waals surface area contributed by atoms with Crippen LogP contribution in [0.2, 0.25) is 5.02 Å². The Kier molecular flexibility index (Phi) is 11.3. The molecule has 0 aliphatic heterocycles. The fourth-order valence-electron chi connectivity index (χ4n) is 4.07. The molecule has 0 heterocycles. The summed E-state index contributed by atoms with van der Waals surface area (Å²) in [5, 5.41) is 2.15. The smallest absolute Gasteiger partial charge is 0.354 e. The maximum absolute atomic E-state index is 13.9. The molecule has 13 heteroatoms. The monoisotopic (exact) mass is 701 g/mol. The van der Waals surface area contributed by atoms with Crippen LogP contribution >= 0.6 is 27.5 Å². The second-order valence-corrected chi connectivity index (χ2v) is 13.6. The molecule has 3 aromatic carbocycles. The van der Waals surface area contributed by atoms with Crippen LogP contribution in [0, 0.1) is 12.8 Å². The van der Waals surface area contributed by atoms with Crippen molar-refractivity contribution in [2.45, 2.75) is 51.4 Å². The number of carbonyl (C=O) groups excluding carboxylic acids is 2. The molecule has 0 aromatic heterocycles. The molecule has 0 aliphatic rings. The molecule has 0 saturated heterocycles. The molecule has 2 amide bonds. The number of amides is 2. The van der Waals surface area contributed by atoms with Crippen molar-refractivity contribution in [3.8, 4) is 0 Å². The van der Waals surface area contributed by atoms with E-state index in [1.807, 2.05) is 13.8 Å². The number of benzene rings is 3. The van der Waals surface area contributed by atoms with Crippen LogP contribution in [0.4, 0.5) is 18.9 Å². The predicted octanol–water partition coefficient (Wildman–Crippen LogP) is 6.81. The normalized spacial score (nSPS) is 12.6. The topological polar surface area (TPSA) is 86.8 Å². The first-order valence-corrected chi connectivity index (χ1v) is 15.9. The lowest BCUT2D eigenvalue weighted by molar-refractivity contribution is -0.139. The van der Waals surface area contributed by atoms with E-state index in [1.54, 1.807) is 31.2 Å². The fourth-order valence-corrected chi connectivity index (χ4v) is 5.97. The van der Waals surface area contributed by atoms with E-state index in [0.717, 1.165) is 22.2 Å².